The molecule has 0 aliphatic rings. The van der Waals surface area contributed by atoms with Crippen LogP contribution in [0.4, 0.5) is 17.6 Å². The summed E-state index contributed by atoms with van der Waals surface area (Å²) in [6, 6.07) is 4.48. The Bertz CT molecular complexity index is 373. The maximum Gasteiger partial charge on any atom is 0.427 e. The second kappa shape index (κ2) is 3.88. The Hall–Kier alpha value is -1.59. The zero-order chi connectivity index (χ0) is 11.6. The molecule has 1 aromatic rings. The fourth-order valence-corrected chi connectivity index (χ4v) is 0.967. The van der Waals surface area contributed by atoms with Crippen LogP contribution in [0.25, 0.3) is 0 Å². The van der Waals surface area contributed by atoms with E-state index in [1.807, 2.05) is 0 Å². The van der Waals surface area contributed by atoms with E-state index in [0.717, 1.165) is 12.1 Å². The van der Waals surface area contributed by atoms with E-state index in [1.54, 1.807) is 0 Å². The molecular weight excluding hydrogens is 216 g/mol. The summed E-state index contributed by atoms with van der Waals surface area (Å²) in [6.45, 7) is 0. The van der Waals surface area contributed by atoms with E-state index < -0.39 is 29.4 Å². The number of para-hydroxylation sites is 1. The smallest absolute Gasteiger partial charge is 0.427 e. The van der Waals surface area contributed by atoms with Gasteiger partial charge in [0.1, 0.15) is 5.75 Å². The van der Waals surface area contributed by atoms with Crippen LogP contribution in [-0.4, -0.2) is 23.2 Å². The van der Waals surface area contributed by atoms with Crippen LogP contribution in [0.1, 0.15) is 10.4 Å². The molecule has 15 heavy (non-hydrogen) atoms. The normalized spacial score (nSPS) is 13.6. The van der Waals surface area contributed by atoms with Crippen LogP contribution >= 0.6 is 0 Å². The van der Waals surface area contributed by atoms with Gasteiger partial charge in [0.15, 0.2) is 0 Å². The van der Waals surface area contributed by atoms with Crippen molar-refractivity contribution in [1.29, 1.82) is 0 Å². The Labute approximate surface area is 82.1 Å². The highest BCUT2D eigenvalue weighted by Gasteiger charge is 2.46. The van der Waals surface area contributed by atoms with Gasteiger partial charge in [-0.3, -0.25) is 4.79 Å². The van der Waals surface area contributed by atoms with E-state index in [4.69, 9.17) is 5.11 Å². The Morgan fingerprint density at radius 3 is 2.27 bits per heavy atom. The van der Waals surface area contributed by atoms with Crippen molar-refractivity contribution in [3.05, 3.63) is 29.8 Å². The summed E-state index contributed by atoms with van der Waals surface area (Å²) in [5.41, 5.74) is -0.678. The van der Waals surface area contributed by atoms with E-state index in [1.165, 1.54) is 12.1 Å². The molecule has 1 aromatic carbocycles. The lowest BCUT2D eigenvalue weighted by atomic mass is 10.1. The number of alkyl halides is 4. The summed E-state index contributed by atoms with van der Waals surface area (Å²) in [4.78, 5) is 11.0. The predicted octanol–water partition coefficient (Wildman–Crippen LogP) is 2.48. The first-order valence-electron chi connectivity index (χ1n) is 3.87. The molecule has 0 bridgehead atoms. The number of hydrogen-bond acceptors (Lipinski definition) is 2. The number of ketones is 1. The molecule has 1 unspecified atom stereocenters. The maximum atomic E-state index is 12.6. The van der Waals surface area contributed by atoms with Gasteiger partial charge in [0.2, 0.25) is 5.78 Å². The van der Waals surface area contributed by atoms with Gasteiger partial charge in [0, 0.05) is 0 Å². The molecule has 0 aliphatic heterocycles. The second-order valence-corrected chi connectivity index (χ2v) is 2.79. The molecule has 0 saturated carbocycles. The summed E-state index contributed by atoms with van der Waals surface area (Å²) in [6.07, 6.45) is -8.86. The van der Waals surface area contributed by atoms with Gasteiger partial charge < -0.3 is 5.11 Å². The summed E-state index contributed by atoms with van der Waals surface area (Å²) in [7, 11) is 0. The number of hydrogen-bond donors (Lipinski definition) is 1. The van der Waals surface area contributed by atoms with Gasteiger partial charge in [-0.05, 0) is 12.1 Å². The number of rotatable bonds is 2. The third-order valence-corrected chi connectivity index (χ3v) is 1.69. The highest BCUT2D eigenvalue weighted by Crippen LogP contribution is 2.28. The molecule has 82 valence electrons. The molecule has 0 amide bonds. The van der Waals surface area contributed by atoms with Crippen molar-refractivity contribution >= 4 is 5.78 Å². The van der Waals surface area contributed by atoms with Crippen molar-refractivity contribution in [3.63, 3.8) is 0 Å². The van der Waals surface area contributed by atoms with Crippen molar-refractivity contribution in [1.82, 2.24) is 0 Å². The second-order valence-electron chi connectivity index (χ2n) is 2.79. The number of halogens is 4. The highest BCUT2D eigenvalue weighted by molar-refractivity contribution is 6.02. The van der Waals surface area contributed by atoms with E-state index in [9.17, 15) is 22.4 Å². The lowest BCUT2D eigenvalue weighted by molar-refractivity contribution is -0.165. The molecule has 2 nitrogen and oxygen atoms in total. The van der Waals surface area contributed by atoms with Crippen LogP contribution in [0.15, 0.2) is 24.3 Å². The molecule has 6 heteroatoms. The topological polar surface area (TPSA) is 37.3 Å². The van der Waals surface area contributed by atoms with Crippen LogP contribution in [-0.2, 0) is 0 Å². The summed E-state index contributed by atoms with van der Waals surface area (Å²) in [5.74, 6) is -2.46. The minimum atomic E-state index is -5.25. The van der Waals surface area contributed by atoms with Gasteiger partial charge in [-0.25, -0.2) is 4.39 Å². The van der Waals surface area contributed by atoms with Crippen LogP contribution in [0, 0.1) is 0 Å². The first-order valence-corrected chi connectivity index (χ1v) is 3.87. The number of Topliss-reactive ketones (excluding diaryl/α,β-unsaturated/α-hetero) is 1. The first kappa shape index (κ1) is 11.5. The summed E-state index contributed by atoms with van der Waals surface area (Å²) in [5, 5.41) is 9.04. The van der Waals surface area contributed by atoms with Gasteiger partial charge in [-0.15, -0.1) is 0 Å². The Balaban J connectivity index is 3.01. The third-order valence-electron chi connectivity index (χ3n) is 1.69. The van der Waals surface area contributed by atoms with Crippen molar-refractivity contribution in [2.45, 2.75) is 12.3 Å². The van der Waals surface area contributed by atoms with E-state index in [-0.39, 0.29) is 0 Å². The molecular formula is C9H6F4O2. The molecule has 1 rings (SSSR count). The number of carbonyl (C=O) groups excluding carboxylic acids is 1. The standard InChI is InChI=1S/C9H6F4O2/c10-8(9(11,12)13)7(15)5-3-1-2-4-6(5)14/h1-4,8,14H. The minimum Gasteiger partial charge on any atom is -0.507 e. The Morgan fingerprint density at radius 1 is 1.27 bits per heavy atom. The fraction of sp³-hybridized carbons (Fsp3) is 0.222. The highest BCUT2D eigenvalue weighted by atomic mass is 19.4. The fourth-order valence-electron chi connectivity index (χ4n) is 0.967. The van der Waals surface area contributed by atoms with Crippen molar-refractivity contribution < 1.29 is 27.5 Å². The zero-order valence-electron chi connectivity index (χ0n) is 7.25. The first-order chi connectivity index (χ1) is 6.84. The molecule has 0 aliphatic carbocycles. The zero-order valence-corrected chi connectivity index (χ0v) is 7.25. The van der Waals surface area contributed by atoms with Gasteiger partial charge >= 0.3 is 6.18 Å². The lowest BCUT2D eigenvalue weighted by Crippen LogP contribution is -2.32. The summed E-state index contributed by atoms with van der Waals surface area (Å²) >= 11 is 0. The average molecular weight is 222 g/mol. The molecule has 0 fully saturated rings. The molecule has 0 aromatic heterocycles. The van der Waals surface area contributed by atoms with Crippen molar-refractivity contribution in [2.75, 3.05) is 0 Å². The van der Waals surface area contributed by atoms with Crippen LogP contribution < -0.4 is 0 Å². The van der Waals surface area contributed by atoms with Crippen molar-refractivity contribution in [2.24, 2.45) is 0 Å². The summed E-state index contributed by atoms with van der Waals surface area (Å²) < 4.78 is 48.1. The molecule has 0 saturated heterocycles. The number of benzene rings is 1. The van der Waals surface area contributed by atoms with Gasteiger partial charge in [-0.2, -0.15) is 13.2 Å². The molecule has 0 radical (unpaired) electrons. The largest absolute Gasteiger partial charge is 0.507 e. The van der Waals surface area contributed by atoms with Crippen LogP contribution in [0.5, 0.6) is 5.75 Å². The van der Waals surface area contributed by atoms with Crippen LogP contribution in [0.3, 0.4) is 0 Å². The molecule has 0 spiro atoms. The average Bonchev–Trinajstić information content (AvgIpc) is 2.15. The Morgan fingerprint density at radius 2 is 1.80 bits per heavy atom. The number of aromatic hydroxyl groups is 1. The Kier molecular flexibility index (Phi) is 2.97. The van der Waals surface area contributed by atoms with Gasteiger partial charge in [0.05, 0.1) is 5.56 Å². The number of phenolic OH excluding ortho intramolecular Hbond substituents is 1. The minimum absolute atomic E-state index is 0.672. The molecule has 1 atom stereocenters. The lowest BCUT2D eigenvalue weighted by Gasteiger charge is -2.11. The predicted molar refractivity (Wildman–Crippen MR) is 43.4 cm³/mol. The molecule has 1 N–H and O–H groups in total. The monoisotopic (exact) mass is 222 g/mol. The van der Waals surface area contributed by atoms with Crippen molar-refractivity contribution in [3.8, 4) is 5.75 Å². The number of carbonyl (C=O) groups is 1. The van der Waals surface area contributed by atoms with E-state index in [0.29, 0.717) is 0 Å². The van der Waals surface area contributed by atoms with Crippen LogP contribution in [0.2, 0.25) is 0 Å². The van der Waals surface area contributed by atoms with E-state index >= 15 is 0 Å². The number of phenols is 1. The maximum absolute atomic E-state index is 12.6. The SMILES string of the molecule is O=C(c1ccccc1O)C(F)C(F)(F)F. The van der Waals surface area contributed by atoms with Gasteiger partial charge in [-0.1, -0.05) is 12.1 Å². The quantitative estimate of drug-likeness (QED) is 0.616. The molecule has 0 heterocycles. The van der Waals surface area contributed by atoms with Gasteiger partial charge in [0.25, 0.3) is 6.17 Å². The third kappa shape index (κ3) is 2.45. The van der Waals surface area contributed by atoms with E-state index in [2.05, 4.69) is 0 Å².